The fraction of sp³-hybridized carbons (Fsp3) is 0.231. The van der Waals surface area contributed by atoms with Gasteiger partial charge in [0.1, 0.15) is 23.1 Å². The number of nitrogens with zero attached hydrogens (tertiary/aromatic N) is 6. The number of hydrazone groups is 1. The summed E-state index contributed by atoms with van der Waals surface area (Å²) >= 11 is 0. The molecule has 0 unspecified atom stereocenters. The number of non-ortho nitro benzene ring substituents is 1. The molecule has 0 atom stereocenters. The number of piperidine rings is 1. The van der Waals surface area contributed by atoms with Crippen LogP contribution in [0.5, 0.6) is 5.75 Å². The maximum Gasteiger partial charge on any atom is 0.270 e. The van der Waals surface area contributed by atoms with Crippen molar-refractivity contribution >= 4 is 35.4 Å². The zero-order chi connectivity index (χ0) is 27.2. The highest BCUT2D eigenvalue weighted by Crippen LogP contribution is 2.34. The summed E-state index contributed by atoms with van der Waals surface area (Å²) in [6, 6.07) is 13.5. The zero-order valence-electron chi connectivity index (χ0n) is 21.0. The van der Waals surface area contributed by atoms with Crippen molar-refractivity contribution in [3.63, 3.8) is 0 Å². The fourth-order valence-corrected chi connectivity index (χ4v) is 4.09. The molecule has 0 bridgehead atoms. The normalized spacial score (nSPS) is 13.4. The fourth-order valence-electron chi connectivity index (χ4n) is 4.09. The molecule has 2 aromatic heterocycles. The van der Waals surface area contributed by atoms with Gasteiger partial charge in [0.15, 0.2) is 0 Å². The number of ether oxygens (including phenoxy) is 1. The second kappa shape index (κ2) is 11.5. The minimum atomic E-state index is -0.482. The lowest BCUT2D eigenvalue weighted by Gasteiger charge is -2.26. The Kier molecular flexibility index (Phi) is 7.57. The van der Waals surface area contributed by atoms with Crippen LogP contribution in [0.3, 0.4) is 0 Å². The van der Waals surface area contributed by atoms with Crippen molar-refractivity contribution in [2.24, 2.45) is 5.10 Å². The lowest BCUT2D eigenvalue weighted by atomic mass is 10.1. The number of rotatable bonds is 9. The van der Waals surface area contributed by atoms with Gasteiger partial charge in [-0.05, 0) is 61.7 Å². The van der Waals surface area contributed by atoms with E-state index in [0.717, 1.165) is 32.4 Å². The molecule has 2 N–H and O–H groups in total. The van der Waals surface area contributed by atoms with Gasteiger partial charge >= 0.3 is 0 Å². The Balaban J connectivity index is 1.35. The number of nitro benzene ring substituents is 1. The quantitative estimate of drug-likeness (QED) is 0.164. The third kappa shape index (κ3) is 6.26. The van der Waals surface area contributed by atoms with E-state index in [0.29, 0.717) is 34.5 Å². The summed E-state index contributed by atoms with van der Waals surface area (Å²) in [6.45, 7) is 1.66. The first-order valence-electron chi connectivity index (χ1n) is 12.2. The lowest BCUT2D eigenvalue weighted by Crippen LogP contribution is -2.31. The molecule has 200 valence electrons. The molecular formula is C26H25FN8O4. The Bertz CT molecular complexity index is 1490. The number of halogens is 1. The molecule has 1 aliphatic heterocycles. The van der Waals surface area contributed by atoms with Gasteiger partial charge in [-0.2, -0.15) is 20.1 Å². The van der Waals surface area contributed by atoms with Crippen molar-refractivity contribution in [1.82, 2.24) is 15.0 Å². The number of hydrogen-bond acceptors (Lipinski definition) is 11. The first kappa shape index (κ1) is 25.6. The van der Waals surface area contributed by atoms with E-state index < -0.39 is 4.92 Å². The Morgan fingerprint density at radius 2 is 1.82 bits per heavy atom. The summed E-state index contributed by atoms with van der Waals surface area (Å²) in [6.07, 6.45) is 4.68. The molecule has 3 heterocycles. The molecule has 1 fully saturated rings. The lowest BCUT2D eigenvalue weighted by molar-refractivity contribution is -0.384. The second-order valence-corrected chi connectivity index (χ2v) is 8.68. The van der Waals surface area contributed by atoms with Crippen LogP contribution in [0.4, 0.5) is 33.6 Å². The second-order valence-electron chi connectivity index (χ2n) is 8.68. The van der Waals surface area contributed by atoms with E-state index in [1.165, 1.54) is 43.7 Å². The van der Waals surface area contributed by atoms with E-state index in [-0.39, 0.29) is 23.4 Å². The molecule has 0 saturated carbocycles. The van der Waals surface area contributed by atoms with Gasteiger partial charge in [-0.1, -0.05) is 0 Å². The SMILES string of the molecule is COc1ccc([N+](=O)[O-])cc1-c1ccc(C=NNc2nc(Nc3ccc(F)cc3)nc(N3CCCCC3)n2)o1. The summed E-state index contributed by atoms with van der Waals surface area (Å²) < 4.78 is 24.5. The zero-order valence-corrected chi connectivity index (χ0v) is 21.0. The van der Waals surface area contributed by atoms with E-state index in [4.69, 9.17) is 9.15 Å². The van der Waals surface area contributed by atoms with E-state index in [1.54, 1.807) is 24.3 Å². The molecule has 13 heteroatoms. The number of nitrogens with one attached hydrogen (secondary N) is 2. The number of nitro groups is 1. The monoisotopic (exact) mass is 532 g/mol. The smallest absolute Gasteiger partial charge is 0.270 e. The van der Waals surface area contributed by atoms with Crippen LogP contribution in [0.2, 0.25) is 0 Å². The topological polar surface area (TPSA) is 144 Å². The largest absolute Gasteiger partial charge is 0.496 e. The Hall–Kier alpha value is -5.07. The molecule has 39 heavy (non-hydrogen) atoms. The van der Waals surface area contributed by atoms with E-state index >= 15 is 0 Å². The van der Waals surface area contributed by atoms with Gasteiger partial charge in [0.25, 0.3) is 5.69 Å². The number of methoxy groups -OCH3 is 1. The van der Waals surface area contributed by atoms with E-state index in [1.807, 2.05) is 0 Å². The number of hydrogen-bond donors (Lipinski definition) is 2. The molecule has 5 rings (SSSR count). The number of benzene rings is 2. The number of anilines is 4. The minimum absolute atomic E-state index is 0.0801. The molecule has 1 saturated heterocycles. The van der Waals surface area contributed by atoms with Gasteiger partial charge in [-0.25, -0.2) is 9.82 Å². The van der Waals surface area contributed by atoms with Gasteiger partial charge in [0.2, 0.25) is 17.8 Å². The predicted molar refractivity (Wildman–Crippen MR) is 144 cm³/mol. The van der Waals surface area contributed by atoms with Crippen molar-refractivity contribution < 1.29 is 18.5 Å². The average Bonchev–Trinajstić information content (AvgIpc) is 3.43. The van der Waals surface area contributed by atoms with Crippen LogP contribution in [0.1, 0.15) is 25.0 Å². The van der Waals surface area contributed by atoms with E-state index in [9.17, 15) is 14.5 Å². The van der Waals surface area contributed by atoms with Gasteiger partial charge in [-0.3, -0.25) is 10.1 Å². The molecule has 0 radical (unpaired) electrons. The summed E-state index contributed by atoms with van der Waals surface area (Å²) in [5.41, 5.74) is 3.80. The molecule has 0 amide bonds. The maximum atomic E-state index is 13.3. The molecule has 2 aromatic carbocycles. The Morgan fingerprint density at radius 1 is 1.05 bits per heavy atom. The van der Waals surface area contributed by atoms with Crippen LogP contribution >= 0.6 is 0 Å². The summed E-state index contributed by atoms with van der Waals surface area (Å²) in [5.74, 6) is 1.87. The average molecular weight is 533 g/mol. The maximum absolute atomic E-state index is 13.3. The van der Waals surface area contributed by atoms with Crippen LogP contribution in [-0.4, -0.2) is 46.3 Å². The van der Waals surface area contributed by atoms with Crippen LogP contribution < -0.4 is 20.4 Å². The predicted octanol–water partition coefficient (Wildman–Crippen LogP) is 5.37. The highest BCUT2D eigenvalue weighted by Gasteiger charge is 2.17. The van der Waals surface area contributed by atoms with Crippen LogP contribution in [0.15, 0.2) is 64.1 Å². The van der Waals surface area contributed by atoms with Crippen LogP contribution in [0, 0.1) is 15.9 Å². The number of furan rings is 1. The third-order valence-corrected chi connectivity index (χ3v) is 6.01. The van der Waals surface area contributed by atoms with E-state index in [2.05, 4.69) is 35.7 Å². The first-order chi connectivity index (χ1) is 19.0. The molecule has 0 aliphatic carbocycles. The highest BCUT2D eigenvalue weighted by atomic mass is 19.1. The molecular weight excluding hydrogens is 507 g/mol. The summed E-state index contributed by atoms with van der Waals surface area (Å²) in [4.78, 5) is 26.2. The van der Waals surface area contributed by atoms with Crippen LogP contribution in [-0.2, 0) is 0 Å². The van der Waals surface area contributed by atoms with Crippen molar-refractivity contribution in [2.45, 2.75) is 19.3 Å². The minimum Gasteiger partial charge on any atom is -0.496 e. The Labute approximate surface area is 222 Å². The van der Waals surface area contributed by atoms with Gasteiger partial charge in [0.05, 0.1) is 23.8 Å². The molecule has 1 aliphatic rings. The van der Waals surface area contributed by atoms with Crippen molar-refractivity contribution in [1.29, 1.82) is 0 Å². The molecule has 12 nitrogen and oxygen atoms in total. The molecule has 0 spiro atoms. The third-order valence-electron chi connectivity index (χ3n) is 6.01. The summed E-state index contributed by atoms with van der Waals surface area (Å²) in [7, 11) is 1.48. The molecule has 4 aromatic rings. The van der Waals surface area contributed by atoms with Crippen molar-refractivity contribution in [3.05, 3.63) is 76.3 Å². The summed E-state index contributed by atoms with van der Waals surface area (Å²) in [5, 5.41) is 18.5. The van der Waals surface area contributed by atoms with Crippen molar-refractivity contribution in [3.8, 4) is 17.1 Å². The van der Waals surface area contributed by atoms with Gasteiger partial charge in [0, 0.05) is 30.9 Å². The van der Waals surface area contributed by atoms with Crippen LogP contribution in [0.25, 0.3) is 11.3 Å². The first-order valence-corrected chi connectivity index (χ1v) is 12.2. The van der Waals surface area contributed by atoms with Gasteiger partial charge in [-0.15, -0.1) is 0 Å². The highest BCUT2D eigenvalue weighted by molar-refractivity contribution is 5.79. The number of aromatic nitrogens is 3. The standard InChI is InChI=1S/C26H25FN8O4/c1-38-22-11-9-19(35(36)37)15-21(22)23-12-10-20(39-23)16-28-33-25-30-24(29-18-7-5-17(27)6-8-18)31-26(32-25)34-13-3-2-4-14-34/h5-12,15-16H,2-4,13-14H2,1H3,(H2,29,30,31,32,33). The Morgan fingerprint density at radius 3 is 2.56 bits per heavy atom. The van der Waals surface area contributed by atoms with Gasteiger partial charge < -0.3 is 19.4 Å². The van der Waals surface area contributed by atoms with Crippen molar-refractivity contribution in [2.75, 3.05) is 35.8 Å².